The molecule has 1 heterocycles. The Morgan fingerprint density at radius 3 is 2.88 bits per heavy atom. The molecule has 2 atom stereocenters. The van der Waals surface area contributed by atoms with Crippen molar-refractivity contribution in [3.63, 3.8) is 0 Å². The van der Waals surface area contributed by atoms with Crippen molar-refractivity contribution in [2.24, 2.45) is 5.92 Å². The summed E-state index contributed by atoms with van der Waals surface area (Å²) in [7, 11) is 1.90. The van der Waals surface area contributed by atoms with Gasteiger partial charge in [-0.2, -0.15) is 0 Å². The Bertz CT molecular complexity index is 464. The molecular weight excluding hydrogens is 198 g/mol. The molecule has 1 saturated heterocycles. The molecule has 1 aromatic rings. The molecule has 1 aliphatic carbocycles. The number of rotatable bonds is 1. The Hall–Kier alpha value is -1.57. The molecule has 0 bridgehead atoms. The lowest BCUT2D eigenvalue weighted by Crippen LogP contribution is -2.25. The summed E-state index contributed by atoms with van der Waals surface area (Å²) in [6.45, 7) is 0.899. The number of allylic oxidation sites excluding steroid dienone is 1. The van der Waals surface area contributed by atoms with E-state index in [9.17, 15) is 4.79 Å². The van der Waals surface area contributed by atoms with E-state index in [4.69, 9.17) is 0 Å². The van der Waals surface area contributed by atoms with Gasteiger partial charge in [-0.05, 0) is 17.5 Å². The van der Waals surface area contributed by atoms with Gasteiger partial charge in [0.25, 0.3) is 0 Å². The standard InChI is InChI=1S/C14H15NO/c1-15-9-8-13(14(15)16)12-7-6-10-4-2-3-5-11(10)12/h2-7,12-13H,8-9H2,1H3. The largest absolute Gasteiger partial charge is 0.345 e. The third kappa shape index (κ3) is 1.29. The molecule has 82 valence electrons. The molecule has 0 saturated carbocycles. The first kappa shape index (κ1) is 9.64. The van der Waals surface area contributed by atoms with Gasteiger partial charge in [0.15, 0.2) is 0 Å². The van der Waals surface area contributed by atoms with Crippen LogP contribution in [0.5, 0.6) is 0 Å². The Morgan fingerprint density at radius 2 is 2.12 bits per heavy atom. The maximum Gasteiger partial charge on any atom is 0.226 e. The van der Waals surface area contributed by atoms with Crippen LogP contribution in [-0.2, 0) is 4.79 Å². The second kappa shape index (κ2) is 3.48. The number of carbonyl (C=O) groups is 1. The van der Waals surface area contributed by atoms with E-state index in [1.807, 2.05) is 18.0 Å². The molecule has 0 aromatic heterocycles. The summed E-state index contributed by atoms with van der Waals surface area (Å²) in [5.41, 5.74) is 2.59. The fourth-order valence-corrected chi connectivity index (χ4v) is 2.81. The van der Waals surface area contributed by atoms with Crippen molar-refractivity contribution in [3.8, 4) is 0 Å². The van der Waals surface area contributed by atoms with Crippen molar-refractivity contribution in [2.75, 3.05) is 13.6 Å². The summed E-state index contributed by atoms with van der Waals surface area (Å²) in [5.74, 6) is 0.755. The average Bonchev–Trinajstić information content (AvgIpc) is 2.85. The van der Waals surface area contributed by atoms with Gasteiger partial charge in [-0.25, -0.2) is 0 Å². The first-order chi connectivity index (χ1) is 7.77. The maximum absolute atomic E-state index is 12.0. The molecule has 1 aliphatic heterocycles. The van der Waals surface area contributed by atoms with Crippen molar-refractivity contribution >= 4 is 12.0 Å². The van der Waals surface area contributed by atoms with Crippen LogP contribution in [0, 0.1) is 5.92 Å². The number of fused-ring (bicyclic) bond motifs is 1. The van der Waals surface area contributed by atoms with Crippen LogP contribution in [0.15, 0.2) is 30.3 Å². The van der Waals surface area contributed by atoms with Crippen LogP contribution in [0.2, 0.25) is 0 Å². The number of nitrogens with zero attached hydrogens (tertiary/aromatic N) is 1. The van der Waals surface area contributed by atoms with E-state index < -0.39 is 0 Å². The van der Waals surface area contributed by atoms with Gasteiger partial charge in [-0.3, -0.25) is 4.79 Å². The van der Waals surface area contributed by atoms with E-state index in [0.717, 1.165) is 13.0 Å². The average molecular weight is 213 g/mol. The van der Waals surface area contributed by atoms with Crippen molar-refractivity contribution < 1.29 is 4.79 Å². The number of hydrogen-bond donors (Lipinski definition) is 0. The molecule has 0 N–H and O–H groups in total. The van der Waals surface area contributed by atoms with Crippen LogP contribution in [0.4, 0.5) is 0 Å². The summed E-state index contributed by atoms with van der Waals surface area (Å²) in [4.78, 5) is 13.8. The van der Waals surface area contributed by atoms with E-state index in [1.54, 1.807) is 0 Å². The highest BCUT2D eigenvalue weighted by molar-refractivity contribution is 5.83. The maximum atomic E-state index is 12.0. The lowest BCUT2D eigenvalue weighted by atomic mass is 9.86. The van der Waals surface area contributed by atoms with E-state index in [1.165, 1.54) is 11.1 Å². The molecule has 2 nitrogen and oxygen atoms in total. The fraction of sp³-hybridized carbons (Fsp3) is 0.357. The van der Waals surface area contributed by atoms with E-state index in [2.05, 4.69) is 30.4 Å². The molecule has 2 unspecified atom stereocenters. The zero-order valence-electron chi connectivity index (χ0n) is 9.39. The van der Waals surface area contributed by atoms with Crippen LogP contribution < -0.4 is 0 Å². The van der Waals surface area contributed by atoms with Crippen LogP contribution in [0.25, 0.3) is 6.08 Å². The summed E-state index contributed by atoms with van der Waals surface area (Å²) >= 11 is 0. The summed E-state index contributed by atoms with van der Waals surface area (Å²) < 4.78 is 0. The first-order valence-electron chi connectivity index (χ1n) is 5.79. The topological polar surface area (TPSA) is 20.3 Å². The molecule has 0 radical (unpaired) electrons. The molecular formula is C14H15NO. The predicted octanol–water partition coefficient (Wildman–Crippen LogP) is 2.28. The zero-order chi connectivity index (χ0) is 11.1. The van der Waals surface area contributed by atoms with Crippen molar-refractivity contribution in [1.82, 2.24) is 4.90 Å². The van der Waals surface area contributed by atoms with Crippen molar-refractivity contribution in [3.05, 3.63) is 41.5 Å². The minimum absolute atomic E-state index is 0.157. The number of hydrogen-bond acceptors (Lipinski definition) is 1. The first-order valence-corrected chi connectivity index (χ1v) is 5.79. The minimum atomic E-state index is 0.157. The van der Waals surface area contributed by atoms with Gasteiger partial charge in [-0.15, -0.1) is 0 Å². The second-order valence-corrected chi connectivity index (χ2v) is 4.67. The van der Waals surface area contributed by atoms with Crippen LogP contribution >= 0.6 is 0 Å². The van der Waals surface area contributed by atoms with Gasteiger partial charge < -0.3 is 4.90 Å². The SMILES string of the molecule is CN1CCC(C2C=Cc3ccccc32)C1=O. The lowest BCUT2D eigenvalue weighted by Gasteiger charge is -2.17. The van der Waals surface area contributed by atoms with Gasteiger partial charge in [0.2, 0.25) is 5.91 Å². The highest BCUT2D eigenvalue weighted by atomic mass is 16.2. The van der Waals surface area contributed by atoms with Crippen molar-refractivity contribution in [2.45, 2.75) is 12.3 Å². The summed E-state index contributed by atoms with van der Waals surface area (Å²) in [6, 6.07) is 8.37. The number of likely N-dealkylation sites (tertiary alicyclic amines) is 1. The summed E-state index contributed by atoms with van der Waals surface area (Å²) in [6.07, 6.45) is 5.32. The predicted molar refractivity (Wildman–Crippen MR) is 64.0 cm³/mol. The normalized spacial score (nSPS) is 27.6. The van der Waals surface area contributed by atoms with Gasteiger partial charge in [0.1, 0.15) is 0 Å². The highest BCUT2D eigenvalue weighted by Gasteiger charge is 2.36. The Balaban J connectivity index is 1.94. The van der Waals surface area contributed by atoms with E-state index in [-0.39, 0.29) is 5.92 Å². The molecule has 1 amide bonds. The molecule has 16 heavy (non-hydrogen) atoms. The smallest absolute Gasteiger partial charge is 0.226 e. The highest BCUT2D eigenvalue weighted by Crippen LogP contribution is 2.39. The third-order valence-corrected chi connectivity index (χ3v) is 3.74. The molecule has 2 heteroatoms. The van der Waals surface area contributed by atoms with Gasteiger partial charge in [0, 0.05) is 19.5 Å². The Kier molecular flexibility index (Phi) is 2.10. The quantitative estimate of drug-likeness (QED) is 0.700. The number of amides is 1. The number of carbonyl (C=O) groups excluding carboxylic acids is 1. The number of benzene rings is 1. The second-order valence-electron chi connectivity index (χ2n) is 4.67. The Labute approximate surface area is 95.6 Å². The Morgan fingerprint density at radius 1 is 1.31 bits per heavy atom. The fourth-order valence-electron chi connectivity index (χ4n) is 2.81. The summed E-state index contributed by atoms with van der Waals surface area (Å²) in [5, 5.41) is 0. The lowest BCUT2D eigenvalue weighted by molar-refractivity contribution is -0.130. The van der Waals surface area contributed by atoms with E-state index in [0.29, 0.717) is 11.8 Å². The molecule has 1 fully saturated rings. The van der Waals surface area contributed by atoms with Crippen molar-refractivity contribution in [1.29, 1.82) is 0 Å². The minimum Gasteiger partial charge on any atom is -0.345 e. The van der Waals surface area contributed by atoms with Crippen LogP contribution in [0.1, 0.15) is 23.5 Å². The molecule has 3 rings (SSSR count). The van der Waals surface area contributed by atoms with Crippen LogP contribution in [0.3, 0.4) is 0 Å². The zero-order valence-corrected chi connectivity index (χ0v) is 9.39. The van der Waals surface area contributed by atoms with Gasteiger partial charge >= 0.3 is 0 Å². The van der Waals surface area contributed by atoms with Gasteiger partial charge in [-0.1, -0.05) is 36.4 Å². The molecule has 1 aromatic carbocycles. The van der Waals surface area contributed by atoms with E-state index >= 15 is 0 Å². The van der Waals surface area contributed by atoms with Crippen LogP contribution in [-0.4, -0.2) is 24.4 Å². The monoisotopic (exact) mass is 213 g/mol. The molecule has 2 aliphatic rings. The molecule has 0 spiro atoms. The van der Waals surface area contributed by atoms with Gasteiger partial charge in [0.05, 0.1) is 5.92 Å². The third-order valence-electron chi connectivity index (χ3n) is 3.74.